The molecule has 0 saturated carbocycles. The van der Waals surface area contributed by atoms with Crippen LogP contribution in [0, 0.1) is 6.92 Å². The van der Waals surface area contributed by atoms with Gasteiger partial charge in [0.05, 0.1) is 18.6 Å². The third-order valence-electron chi connectivity index (χ3n) is 7.24. The maximum Gasteiger partial charge on any atom is 1.00 e. The van der Waals surface area contributed by atoms with Gasteiger partial charge in [-0.1, -0.05) is 48.4 Å². The fourth-order valence-electron chi connectivity index (χ4n) is 4.85. The third kappa shape index (κ3) is 10.3. The van der Waals surface area contributed by atoms with Gasteiger partial charge in [0.15, 0.2) is 0 Å². The first kappa shape index (κ1) is 35.6. The Hall–Kier alpha value is -2.92. The number of thioether (sulfide) groups is 1. The Bertz CT molecular complexity index is 1510. The van der Waals surface area contributed by atoms with Crippen LogP contribution in [-0.2, 0) is 22.6 Å². The molecule has 3 aromatic carbocycles. The molecule has 6 nitrogen and oxygen atoms in total. The van der Waals surface area contributed by atoms with Crippen LogP contribution in [0.3, 0.4) is 0 Å². The quantitative estimate of drug-likeness (QED) is 0.149. The summed E-state index contributed by atoms with van der Waals surface area (Å²) in [6.45, 7) is 3.03. The minimum atomic E-state index is -1.28. The number of hydrogen-bond acceptors (Lipinski definition) is 6. The molecule has 1 heterocycles. The molecule has 1 aromatic heterocycles. The van der Waals surface area contributed by atoms with E-state index in [1.807, 2.05) is 86.0 Å². The predicted octanol–water partition coefficient (Wildman–Crippen LogP) is 4.11. The molecule has 9 heteroatoms. The van der Waals surface area contributed by atoms with Gasteiger partial charge in [0, 0.05) is 29.2 Å². The van der Waals surface area contributed by atoms with E-state index >= 15 is 0 Å². The zero-order valence-electron chi connectivity index (χ0n) is 25.6. The van der Waals surface area contributed by atoms with Gasteiger partial charge >= 0.3 is 18.9 Å². The maximum absolute atomic E-state index is 13.2. The number of nitrogens with one attached hydrogen (secondary N) is 1. The number of ether oxygens (including phenoxy) is 1. The number of amides is 1. The van der Waals surface area contributed by atoms with Crippen molar-refractivity contribution in [3.8, 4) is 22.5 Å². The molecule has 0 spiro atoms. The minimum Gasteiger partial charge on any atom is -0.548 e. The van der Waals surface area contributed by atoms with Crippen molar-refractivity contribution in [2.75, 3.05) is 18.6 Å². The van der Waals surface area contributed by atoms with Crippen LogP contribution in [0.15, 0.2) is 83.3 Å². The number of carbonyl (C=O) groups excluding carboxylic acids is 2. The number of unbranched alkanes of at least 4 members (excludes halogenated alkanes) is 2. The van der Waals surface area contributed by atoms with Crippen molar-refractivity contribution in [2.24, 2.45) is 0 Å². The summed E-state index contributed by atoms with van der Waals surface area (Å²) in [4.78, 5) is 24.9. The first-order valence-corrected chi connectivity index (χ1v) is 16.2. The molecule has 0 saturated heterocycles. The Balaban J connectivity index is 0.00000529. The first-order chi connectivity index (χ1) is 20.9. The van der Waals surface area contributed by atoms with Crippen LogP contribution in [-0.4, -0.2) is 36.5 Å². The SMILES string of the molecule is CSCC[C@H](NC(=O)c1ccc(COCCCCCc2ccc(-c3ccc(Cl)cc3)o2)cc1-c1ccccc1C)C(=O)[O-].[Li+]. The summed E-state index contributed by atoms with van der Waals surface area (Å²) in [5.74, 6) is 0.704. The molecule has 0 radical (unpaired) electrons. The van der Waals surface area contributed by atoms with Crippen LogP contribution in [0.4, 0.5) is 0 Å². The van der Waals surface area contributed by atoms with Crippen LogP contribution in [0.5, 0.6) is 0 Å². The molecule has 1 atom stereocenters. The average molecular weight is 626 g/mol. The Morgan fingerprint density at radius 1 is 0.977 bits per heavy atom. The van der Waals surface area contributed by atoms with Crippen LogP contribution in [0.25, 0.3) is 22.5 Å². The van der Waals surface area contributed by atoms with E-state index in [-0.39, 0.29) is 18.9 Å². The second kappa shape index (κ2) is 18.1. The monoisotopic (exact) mass is 625 g/mol. The summed E-state index contributed by atoms with van der Waals surface area (Å²) in [6.07, 6.45) is 6.00. The van der Waals surface area contributed by atoms with E-state index in [0.29, 0.717) is 36.0 Å². The van der Waals surface area contributed by atoms with Gasteiger partial charge in [-0.2, -0.15) is 11.8 Å². The minimum absolute atomic E-state index is 0. The number of hydrogen-bond donors (Lipinski definition) is 1. The number of benzene rings is 3. The van der Waals surface area contributed by atoms with Gasteiger partial charge in [-0.3, -0.25) is 4.79 Å². The number of halogens is 1. The molecule has 1 amide bonds. The molecule has 4 aromatic rings. The van der Waals surface area contributed by atoms with Gasteiger partial charge in [0.2, 0.25) is 0 Å². The molecule has 0 aliphatic carbocycles. The number of carboxylic acids is 1. The largest absolute Gasteiger partial charge is 1.00 e. The Morgan fingerprint density at radius 3 is 2.48 bits per heavy atom. The molecule has 1 N–H and O–H groups in total. The van der Waals surface area contributed by atoms with Crippen molar-refractivity contribution >= 4 is 35.2 Å². The van der Waals surface area contributed by atoms with E-state index in [0.717, 1.165) is 65.0 Å². The zero-order valence-corrected chi connectivity index (χ0v) is 27.1. The average Bonchev–Trinajstić information content (AvgIpc) is 3.48. The van der Waals surface area contributed by atoms with Crippen LogP contribution in [0.2, 0.25) is 5.02 Å². The molecule has 0 aliphatic rings. The fourth-order valence-corrected chi connectivity index (χ4v) is 5.45. The molecule has 44 heavy (non-hydrogen) atoms. The van der Waals surface area contributed by atoms with Crippen molar-refractivity contribution in [3.63, 3.8) is 0 Å². The Morgan fingerprint density at radius 2 is 1.75 bits per heavy atom. The summed E-state index contributed by atoms with van der Waals surface area (Å²) >= 11 is 7.50. The van der Waals surface area contributed by atoms with Crippen molar-refractivity contribution in [1.29, 1.82) is 0 Å². The number of carboxylic acid groups (broad SMARTS) is 1. The van der Waals surface area contributed by atoms with Crippen molar-refractivity contribution in [1.82, 2.24) is 5.32 Å². The summed E-state index contributed by atoms with van der Waals surface area (Å²) < 4.78 is 12.0. The van der Waals surface area contributed by atoms with E-state index in [4.69, 9.17) is 20.8 Å². The fraction of sp³-hybridized carbons (Fsp3) is 0.314. The van der Waals surface area contributed by atoms with Crippen LogP contribution in [0.1, 0.15) is 52.9 Å². The molecule has 0 unspecified atom stereocenters. The van der Waals surface area contributed by atoms with E-state index in [1.165, 1.54) is 11.8 Å². The second-order valence-electron chi connectivity index (χ2n) is 10.5. The van der Waals surface area contributed by atoms with Gasteiger partial charge in [0.25, 0.3) is 5.91 Å². The summed E-state index contributed by atoms with van der Waals surface area (Å²) in [5, 5.41) is 15.0. The zero-order chi connectivity index (χ0) is 30.6. The van der Waals surface area contributed by atoms with Crippen molar-refractivity contribution in [2.45, 2.75) is 51.7 Å². The molecule has 0 aliphatic heterocycles. The molecular weight excluding hydrogens is 589 g/mol. The van der Waals surface area contributed by atoms with E-state index < -0.39 is 17.9 Å². The first-order valence-electron chi connectivity index (χ1n) is 14.5. The van der Waals surface area contributed by atoms with Gasteiger partial charge in [-0.15, -0.1) is 0 Å². The number of aliphatic carboxylic acids is 1. The maximum atomic E-state index is 13.2. The van der Waals surface area contributed by atoms with E-state index in [9.17, 15) is 14.7 Å². The smallest absolute Gasteiger partial charge is 0.548 e. The Labute approximate surface area is 281 Å². The topological polar surface area (TPSA) is 91.6 Å². The van der Waals surface area contributed by atoms with Gasteiger partial charge in [-0.05, 0) is 109 Å². The third-order valence-corrected chi connectivity index (χ3v) is 8.13. The van der Waals surface area contributed by atoms with E-state index in [1.54, 1.807) is 6.07 Å². The number of furan rings is 1. The molecule has 4 rings (SSSR count). The molecule has 0 bridgehead atoms. The van der Waals surface area contributed by atoms with E-state index in [2.05, 4.69) is 5.32 Å². The Kier molecular flexibility index (Phi) is 14.7. The van der Waals surface area contributed by atoms with Crippen LogP contribution >= 0.6 is 23.4 Å². The van der Waals surface area contributed by atoms with Crippen molar-refractivity contribution in [3.05, 3.63) is 106 Å². The summed E-state index contributed by atoms with van der Waals surface area (Å²) in [5.41, 5.74) is 5.06. The normalized spacial score (nSPS) is 11.5. The number of aryl methyl sites for hydroxylation is 2. The van der Waals surface area contributed by atoms with Gasteiger partial charge < -0.3 is 24.4 Å². The second-order valence-corrected chi connectivity index (χ2v) is 11.9. The van der Waals surface area contributed by atoms with Gasteiger partial charge in [0.1, 0.15) is 11.5 Å². The molecule has 0 fully saturated rings. The van der Waals surface area contributed by atoms with Gasteiger partial charge in [-0.25, -0.2) is 0 Å². The predicted molar refractivity (Wildman–Crippen MR) is 172 cm³/mol. The van der Waals surface area contributed by atoms with Crippen molar-refractivity contribution < 1.29 is 42.7 Å². The summed E-state index contributed by atoms with van der Waals surface area (Å²) in [7, 11) is 0. The number of rotatable bonds is 16. The number of carbonyl (C=O) groups is 2. The molecular formula is C35H37ClLiNO5S. The van der Waals surface area contributed by atoms with Crippen LogP contribution < -0.4 is 29.3 Å². The summed E-state index contributed by atoms with van der Waals surface area (Å²) in [6, 6.07) is 24.0. The molecule has 226 valence electrons. The standard InChI is InChI=1S/C35H38ClNO5S.Li/c1-24-8-5-6-10-29(24)31-22-25(11-17-30(31)34(38)37-32(35(39)40)19-21-43-2)23-41-20-7-3-4-9-28-16-18-33(42-28)26-12-14-27(36)15-13-26;/h5-6,8,10-18,22,32H,3-4,7,9,19-21,23H2,1-2H3,(H,37,38)(H,39,40);/q;+1/p-1/t32-;/m0./s1.